The number of hydrogen-bond donors (Lipinski definition) is 0. The van der Waals surface area contributed by atoms with Gasteiger partial charge in [0.25, 0.3) is 0 Å². The number of ether oxygens (including phenoxy) is 1. The minimum atomic E-state index is -1.66. The van der Waals surface area contributed by atoms with Crippen molar-refractivity contribution >= 4 is 0 Å². The van der Waals surface area contributed by atoms with E-state index in [1.165, 1.54) is 51.4 Å². The van der Waals surface area contributed by atoms with Gasteiger partial charge in [-0.2, -0.15) is 0 Å². The van der Waals surface area contributed by atoms with Crippen LogP contribution in [0.25, 0.3) is 0 Å². The molecule has 1 nitrogen and oxygen atoms in total. The zero-order chi connectivity index (χ0) is 22.2. The second-order valence-electron chi connectivity index (χ2n) is 11.0. The molecule has 0 aromatic heterocycles. The number of fused-ring (bicyclic) bond motifs is 1. The van der Waals surface area contributed by atoms with Crippen LogP contribution in [0.15, 0.2) is 0 Å². The minimum Gasteiger partial charge on any atom is -0.375 e. The Hall–Kier alpha value is -0.250. The van der Waals surface area contributed by atoms with Gasteiger partial charge in [0, 0.05) is 12.5 Å². The van der Waals surface area contributed by atoms with Crippen molar-refractivity contribution in [1.82, 2.24) is 0 Å². The predicted molar refractivity (Wildman–Crippen MR) is 122 cm³/mol. The van der Waals surface area contributed by atoms with Crippen molar-refractivity contribution in [1.29, 1.82) is 0 Å². The van der Waals surface area contributed by atoms with Gasteiger partial charge in [-0.15, -0.1) is 0 Å². The first-order chi connectivity index (χ1) is 15.0. The first-order valence-corrected chi connectivity index (χ1v) is 13.6. The van der Waals surface area contributed by atoms with Crippen LogP contribution in [0.3, 0.4) is 0 Å². The van der Waals surface area contributed by atoms with Gasteiger partial charge in [0.1, 0.15) is 18.5 Å². The van der Waals surface area contributed by atoms with E-state index in [-0.39, 0.29) is 11.8 Å². The van der Waals surface area contributed by atoms with Gasteiger partial charge in [-0.25, -0.2) is 13.2 Å². The molecule has 3 aliphatic rings. The number of unbranched alkanes of at least 4 members (excludes halogenated alkanes) is 3. The lowest BCUT2D eigenvalue weighted by atomic mass is 9.63. The zero-order valence-corrected chi connectivity index (χ0v) is 20.1. The molecular weight excluding hydrogens is 397 g/mol. The van der Waals surface area contributed by atoms with Gasteiger partial charge < -0.3 is 4.74 Å². The second-order valence-corrected chi connectivity index (χ2v) is 11.0. The summed E-state index contributed by atoms with van der Waals surface area (Å²) in [5, 5.41) is 0. The molecule has 7 unspecified atom stereocenters. The van der Waals surface area contributed by atoms with Crippen LogP contribution in [0, 0.1) is 29.6 Å². The Kier molecular flexibility index (Phi) is 10.5. The standard InChI is InChI=1S/C27H47F3O/c1-3-5-7-8-19-9-11-20(12-10-19)13-14-22-18-21-15-16-23(31-17-6-4-2)26(29)24(21)27(30)25(22)28/h19-27H,3-18H2,1-2H3. The summed E-state index contributed by atoms with van der Waals surface area (Å²) in [6.07, 6.45) is 11.3. The van der Waals surface area contributed by atoms with Gasteiger partial charge in [0.15, 0.2) is 0 Å². The molecule has 0 saturated heterocycles. The van der Waals surface area contributed by atoms with Gasteiger partial charge in [-0.05, 0) is 55.8 Å². The van der Waals surface area contributed by atoms with Crippen molar-refractivity contribution in [3.63, 3.8) is 0 Å². The maximum absolute atomic E-state index is 15.1. The Morgan fingerprint density at radius 3 is 2.03 bits per heavy atom. The van der Waals surface area contributed by atoms with Crippen LogP contribution in [0.5, 0.6) is 0 Å². The van der Waals surface area contributed by atoms with Crippen molar-refractivity contribution in [3.8, 4) is 0 Å². The molecule has 7 atom stereocenters. The molecule has 3 fully saturated rings. The van der Waals surface area contributed by atoms with Crippen LogP contribution in [0.4, 0.5) is 13.2 Å². The SMILES string of the molecule is CCCCCC1CCC(CCC2CC3CCC(OCCCC)C(F)C3C(F)C2F)CC1. The van der Waals surface area contributed by atoms with Crippen LogP contribution in [0.1, 0.15) is 110 Å². The Bertz CT molecular complexity index is 491. The molecular formula is C27H47F3O. The molecule has 31 heavy (non-hydrogen) atoms. The molecule has 0 aromatic rings. The summed E-state index contributed by atoms with van der Waals surface area (Å²) in [6, 6.07) is 0. The molecule has 182 valence electrons. The van der Waals surface area contributed by atoms with Crippen LogP contribution < -0.4 is 0 Å². The molecule has 3 rings (SSSR count). The van der Waals surface area contributed by atoms with Crippen LogP contribution >= 0.6 is 0 Å². The first kappa shape index (κ1) is 25.4. The number of hydrogen-bond acceptors (Lipinski definition) is 1. The van der Waals surface area contributed by atoms with Crippen molar-refractivity contribution in [3.05, 3.63) is 0 Å². The van der Waals surface area contributed by atoms with Crippen LogP contribution in [-0.4, -0.2) is 31.2 Å². The van der Waals surface area contributed by atoms with E-state index in [1.807, 2.05) is 0 Å². The molecule has 3 saturated carbocycles. The molecule has 0 aromatic carbocycles. The van der Waals surface area contributed by atoms with E-state index < -0.39 is 30.5 Å². The van der Waals surface area contributed by atoms with Gasteiger partial charge in [-0.3, -0.25) is 0 Å². The molecule has 3 aliphatic carbocycles. The van der Waals surface area contributed by atoms with Gasteiger partial charge in [0.2, 0.25) is 0 Å². The highest BCUT2D eigenvalue weighted by molar-refractivity contribution is 5.00. The molecule has 4 heteroatoms. The lowest BCUT2D eigenvalue weighted by Crippen LogP contribution is -2.53. The van der Waals surface area contributed by atoms with Crippen molar-refractivity contribution in [2.24, 2.45) is 29.6 Å². The number of alkyl halides is 3. The van der Waals surface area contributed by atoms with Crippen molar-refractivity contribution in [2.75, 3.05) is 6.61 Å². The van der Waals surface area contributed by atoms with Crippen molar-refractivity contribution in [2.45, 2.75) is 135 Å². The number of rotatable bonds is 11. The summed E-state index contributed by atoms with van der Waals surface area (Å²) in [7, 11) is 0. The Balaban J connectivity index is 1.42. The smallest absolute Gasteiger partial charge is 0.137 e. The van der Waals surface area contributed by atoms with Crippen molar-refractivity contribution < 1.29 is 17.9 Å². The lowest BCUT2D eigenvalue weighted by molar-refractivity contribution is -0.125. The van der Waals surface area contributed by atoms with Gasteiger partial charge in [-0.1, -0.05) is 78.1 Å². The zero-order valence-electron chi connectivity index (χ0n) is 20.1. The molecule has 0 N–H and O–H groups in total. The third kappa shape index (κ3) is 6.87. The fraction of sp³-hybridized carbons (Fsp3) is 1.00. The summed E-state index contributed by atoms with van der Waals surface area (Å²) in [4.78, 5) is 0. The summed E-state index contributed by atoms with van der Waals surface area (Å²) in [5.74, 6) is 0.538. The molecule has 0 aliphatic heterocycles. The molecule has 0 amide bonds. The molecule has 0 radical (unpaired) electrons. The highest BCUT2D eigenvalue weighted by atomic mass is 19.2. The van der Waals surface area contributed by atoms with Gasteiger partial charge >= 0.3 is 0 Å². The quantitative estimate of drug-likeness (QED) is 0.291. The molecule has 0 spiro atoms. The van der Waals surface area contributed by atoms with E-state index >= 15 is 13.2 Å². The average molecular weight is 445 g/mol. The summed E-state index contributed by atoms with van der Waals surface area (Å²) >= 11 is 0. The topological polar surface area (TPSA) is 9.23 Å². The number of halogens is 3. The Morgan fingerprint density at radius 1 is 0.677 bits per heavy atom. The van der Waals surface area contributed by atoms with Gasteiger partial charge in [0.05, 0.1) is 6.10 Å². The summed E-state index contributed by atoms with van der Waals surface area (Å²) < 4.78 is 50.8. The van der Waals surface area contributed by atoms with Crippen LogP contribution in [0.2, 0.25) is 0 Å². The van der Waals surface area contributed by atoms with E-state index in [0.29, 0.717) is 25.4 Å². The Labute approximate surface area is 189 Å². The first-order valence-electron chi connectivity index (χ1n) is 13.6. The molecule has 0 heterocycles. The highest BCUT2D eigenvalue weighted by Gasteiger charge is 2.53. The fourth-order valence-electron chi connectivity index (χ4n) is 6.71. The maximum atomic E-state index is 15.1. The minimum absolute atomic E-state index is 0.0117. The van der Waals surface area contributed by atoms with E-state index in [0.717, 1.165) is 38.0 Å². The highest BCUT2D eigenvalue weighted by Crippen LogP contribution is 2.49. The van der Waals surface area contributed by atoms with E-state index in [9.17, 15) is 0 Å². The third-order valence-corrected chi connectivity index (χ3v) is 8.77. The normalized spacial score (nSPS) is 41.1. The molecule has 0 bridgehead atoms. The summed E-state index contributed by atoms with van der Waals surface area (Å²) in [5.41, 5.74) is 0. The van der Waals surface area contributed by atoms with Crippen LogP contribution in [-0.2, 0) is 4.74 Å². The lowest BCUT2D eigenvalue weighted by Gasteiger charge is -2.47. The summed E-state index contributed by atoms with van der Waals surface area (Å²) in [6.45, 7) is 4.85. The maximum Gasteiger partial charge on any atom is 0.137 e. The average Bonchev–Trinajstić information content (AvgIpc) is 2.78. The fourth-order valence-corrected chi connectivity index (χ4v) is 6.71. The van der Waals surface area contributed by atoms with E-state index in [1.54, 1.807) is 0 Å². The third-order valence-electron chi connectivity index (χ3n) is 8.77. The largest absolute Gasteiger partial charge is 0.375 e. The monoisotopic (exact) mass is 444 g/mol. The van der Waals surface area contributed by atoms with E-state index in [4.69, 9.17) is 4.74 Å². The predicted octanol–water partition coefficient (Wildman–Crippen LogP) is 8.40. The van der Waals surface area contributed by atoms with E-state index in [2.05, 4.69) is 13.8 Å². The Morgan fingerprint density at radius 2 is 1.35 bits per heavy atom. The second kappa shape index (κ2) is 12.8.